The van der Waals surface area contributed by atoms with Crippen LogP contribution in [0.25, 0.3) is 0 Å². The highest BCUT2D eigenvalue weighted by Crippen LogP contribution is 2.27. The number of halogens is 1. The lowest BCUT2D eigenvalue weighted by Gasteiger charge is -2.30. The van der Waals surface area contributed by atoms with E-state index in [9.17, 15) is 4.79 Å². The highest BCUT2D eigenvalue weighted by Gasteiger charge is 2.21. The molecule has 0 spiro atoms. The molecular formula is C21H27ClN2O2. The largest absolute Gasteiger partial charge is 0.484 e. The van der Waals surface area contributed by atoms with Crippen LogP contribution in [-0.2, 0) is 4.79 Å². The summed E-state index contributed by atoms with van der Waals surface area (Å²) >= 11 is 6.39. The Morgan fingerprint density at radius 2 is 1.77 bits per heavy atom. The molecular weight excluding hydrogens is 348 g/mol. The predicted molar refractivity (Wildman–Crippen MR) is 107 cm³/mol. The van der Waals surface area contributed by atoms with E-state index < -0.39 is 0 Å². The van der Waals surface area contributed by atoms with Crippen molar-refractivity contribution < 1.29 is 9.53 Å². The maximum Gasteiger partial charge on any atom is 0.258 e. The van der Waals surface area contributed by atoms with Crippen molar-refractivity contribution in [1.29, 1.82) is 0 Å². The average molecular weight is 375 g/mol. The van der Waals surface area contributed by atoms with Crippen molar-refractivity contribution in [3.05, 3.63) is 64.7 Å². The van der Waals surface area contributed by atoms with Gasteiger partial charge in [0.2, 0.25) is 0 Å². The lowest BCUT2D eigenvalue weighted by atomic mass is 10.0. The molecule has 2 aromatic carbocycles. The van der Waals surface area contributed by atoms with Gasteiger partial charge in [0, 0.05) is 11.6 Å². The molecule has 0 saturated heterocycles. The number of hydrogen-bond donors (Lipinski definition) is 1. The fourth-order valence-corrected chi connectivity index (χ4v) is 3.23. The minimum absolute atomic E-state index is 0.00164. The van der Waals surface area contributed by atoms with Crippen LogP contribution < -0.4 is 10.1 Å². The molecule has 0 aliphatic rings. The zero-order valence-electron chi connectivity index (χ0n) is 15.7. The summed E-state index contributed by atoms with van der Waals surface area (Å²) in [6, 6.07) is 15.5. The van der Waals surface area contributed by atoms with E-state index in [1.807, 2.05) is 55.5 Å². The quantitative estimate of drug-likeness (QED) is 0.714. The third-order valence-electron chi connectivity index (χ3n) is 4.46. The molecule has 0 saturated carbocycles. The van der Waals surface area contributed by atoms with Gasteiger partial charge in [-0.1, -0.05) is 61.8 Å². The number of benzene rings is 2. The topological polar surface area (TPSA) is 41.6 Å². The Labute approximate surface area is 161 Å². The minimum Gasteiger partial charge on any atom is -0.484 e. The van der Waals surface area contributed by atoms with Crippen LogP contribution in [0.3, 0.4) is 0 Å². The second-order valence-electron chi connectivity index (χ2n) is 6.12. The van der Waals surface area contributed by atoms with Crippen LogP contribution in [-0.4, -0.2) is 37.0 Å². The van der Waals surface area contributed by atoms with Gasteiger partial charge in [-0.2, -0.15) is 0 Å². The molecule has 26 heavy (non-hydrogen) atoms. The van der Waals surface area contributed by atoms with Gasteiger partial charge in [0.25, 0.3) is 5.91 Å². The van der Waals surface area contributed by atoms with Gasteiger partial charge in [-0.05, 0) is 43.3 Å². The van der Waals surface area contributed by atoms with Crippen molar-refractivity contribution in [2.45, 2.75) is 26.8 Å². The summed E-state index contributed by atoms with van der Waals surface area (Å²) in [5.41, 5.74) is 2.04. The van der Waals surface area contributed by atoms with Gasteiger partial charge < -0.3 is 10.1 Å². The van der Waals surface area contributed by atoms with Crippen LogP contribution in [0.2, 0.25) is 5.02 Å². The maximum absolute atomic E-state index is 12.3. The summed E-state index contributed by atoms with van der Waals surface area (Å²) in [5.74, 6) is 0.589. The number of likely N-dealkylation sites (N-methyl/N-ethyl adjacent to an activating group) is 1. The van der Waals surface area contributed by atoms with Gasteiger partial charge in [0.05, 0.1) is 6.04 Å². The van der Waals surface area contributed by atoms with Crippen molar-refractivity contribution >= 4 is 17.5 Å². The third kappa shape index (κ3) is 5.48. The van der Waals surface area contributed by atoms with Crippen LogP contribution in [0.4, 0.5) is 0 Å². The predicted octanol–water partition coefficient (Wildman–Crippen LogP) is 4.23. The lowest BCUT2D eigenvalue weighted by Crippen LogP contribution is -2.39. The molecule has 0 heterocycles. The van der Waals surface area contributed by atoms with Crippen LogP contribution in [0.5, 0.6) is 5.75 Å². The lowest BCUT2D eigenvalue weighted by molar-refractivity contribution is -0.123. The van der Waals surface area contributed by atoms with E-state index in [0.717, 1.165) is 35.0 Å². The van der Waals surface area contributed by atoms with Gasteiger partial charge in [0.15, 0.2) is 6.61 Å². The number of carbonyl (C=O) groups is 1. The van der Waals surface area contributed by atoms with Crippen LogP contribution >= 0.6 is 11.6 Å². The van der Waals surface area contributed by atoms with Gasteiger partial charge in [-0.25, -0.2) is 0 Å². The smallest absolute Gasteiger partial charge is 0.258 e. The summed E-state index contributed by atoms with van der Waals surface area (Å²) in [5, 5.41) is 3.70. The minimum atomic E-state index is -0.141. The average Bonchev–Trinajstić information content (AvgIpc) is 2.65. The fraction of sp³-hybridized carbons (Fsp3) is 0.381. The Kier molecular flexibility index (Phi) is 7.95. The highest BCUT2D eigenvalue weighted by molar-refractivity contribution is 6.31. The molecule has 2 aromatic rings. The van der Waals surface area contributed by atoms with Crippen LogP contribution in [0, 0.1) is 6.92 Å². The number of rotatable bonds is 9. The normalized spacial score (nSPS) is 12.0. The van der Waals surface area contributed by atoms with Gasteiger partial charge in [-0.3, -0.25) is 9.69 Å². The van der Waals surface area contributed by atoms with Crippen molar-refractivity contribution in [2.24, 2.45) is 0 Å². The van der Waals surface area contributed by atoms with Crippen LogP contribution in [0.15, 0.2) is 48.5 Å². The Balaban J connectivity index is 1.99. The second-order valence-corrected chi connectivity index (χ2v) is 6.52. The first kappa shape index (κ1) is 20.3. The Morgan fingerprint density at radius 3 is 2.42 bits per heavy atom. The maximum atomic E-state index is 12.3. The summed E-state index contributed by atoms with van der Waals surface area (Å²) < 4.78 is 5.62. The van der Waals surface area contributed by atoms with E-state index in [2.05, 4.69) is 24.1 Å². The number of aryl methyl sites for hydroxylation is 1. The number of hydrogen-bond acceptors (Lipinski definition) is 3. The molecule has 140 valence electrons. The number of carbonyl (C=O) groups excluding carboxylic acids is 1. The molecule has 0 aliphatic heterocycles. The van der Waals surface area contributed by atoms with Gasteiger partial charge in [-0.15, -0.1) is 0 Å². The number of amides is 1. The van der Waals surface area contributed by atoms with E-state index >= 15 is 0 Å². The highest BCUT2D eigenvalue weighted by atomic mass is 35.5. The van der Waals surface area contributed by atoms with E-state index in [-0.39, 0.29) is 18.6 Å². The standard InChI is InChI=1S/C21H27ClN2O2/c1-4-24(5-2)19(17-11-7-8-12-18(17)22)14-23-21(25)15-26-20-13-9-6-10-16(20)3/h6-13,19H,4-5,14-15H2,1-3H3,(H,23,25)/t19-/m1/s1. The number of para-hydroxylation sites is 1. The SMILES string of the molecule is CCN(CC)[C@H](CNC(=O)COc1ccccc1C)c1ccccc1Cl. The fourth-order valence-electron chi connectivity index (χ4n) is 2.97. The van der Waals surface area contributed by atoms with Crippen molar-refractivity contribution in [3.8, 4) is 5.75 Å². The van der Waals surface area contributed by atoms with Crippen LogP contribution in [0.1, 0.15) is 31.0 Å². The molecule has 0 aliphatic carbocycles. The van der Waals surface area contributed by atoms with E-state index in [1.54, 1.807) is 0 Å². The molecule has 0 radical (unpaired) electrons. The summed E-state index contributed by atoms with van der Waals surface area (Å²) in [6.45, 7) is 8.41. The zero-order chi connectivity index (χ0) is 18.9. The van der Waals surface area contributed by atoms with E-state index in [0.29, 0.717) is 6.54 Å². The molecule has 1 N–H and O–H groups in total. The Bertz CT molecular complexity index is 717. The summed E-state index contributed by atoms with van der Waals surface area (Å²) in [7, 11) is 0. The van der Waals surface area contributed by atoms with Crippen molar-refractivity contribution in [2.75, 3.05) is 26.2 Å². The molecule has 0 unspecified atom stereocenters. The molecule has 4 nitrogen and oxygen atoms in total. The first-order valence-electron chi connectivity index (χ1n) is 9.00. The Morgan fingerprint density at radius 1 is 1.12 bits per heavy atom. The molecule has 0 aromatic heterocycles. The summed E-state index contributed by atoms with van der Waals surface area (Å²) in [4.78, 5) is 14.5. The molecule has 1 atom stereocenters. The summed E-state index contributed by atoms with van der Waals surface area (Å²) in [6.07, 6.45) is 0. The monoisotopic (exact) mass is 374 g/mol. The van der Waals surface area contributed by atoms with Crippen molar-refractivity contribution in [1.82, 2.24) is 10.2 Å². The molecule has 1 amide bonds. The first-order chi connectivity index (χ1) is 12.6. The van der Waals surface area contributed by atoms with Crippen molar-refractivity contribution in [3.63, 3.8) is 0 Å². The molecule has 5 heteroatoms. The molecule has 0 bridgehead atoms. The third-order valence-corrected chi connectivity index (χ3v) is 4.81. The van der Waals surface area contributed by atoms with E-state index in [1.165, 1.54) is 0 Å². The zero-order valence-corrected chi connectivity index (χ0v) is 16.4. The number of nitrogens with zero attached hydrogens (tertiary/aromatic N) is 1. The number of nitrogens with one attached hydrogen (secondary N) is 1. The van der Waals surface area contributed by atoms with Gasteiger partial charge >= 0.3 is 0 Å². The Hall–Kier alpha value is -2.04. The second kappa shape index (κ2) is 10.2. The molecule has 2 rings (SSSR count). The van der Waals surface area contributed by atoms with Gasteiger partial charge in [0.1, 0.15) is 5.75 Å². The van der Waals surface area contributed by atoms with E-state index in [4.69, 9.17) is 16.3 Å². The number of ether oxygens (including phenoxy) is 1. The molecule has 0 fully saturated rings. The first-order valence-corrected chi connectivity index (χ1v) is 9.38.